The van der Waals surface area contributed by atoms with Gasteiger partial charge in [0.2, 0.25) is 10.0 Å². The second kappa shape index (κ2) is 5.41. The maximum atomic E-state index is 11.5. The number of sulfonamides is 1. The van der Waals surface area contributed by atoms with Crippen LogP contribution >= 0.6 is 0 Å². The highest BCUT2D eigenvalue weighted by atomic mass is 32.2. The van der Waals surface area contributed by atoms with Crippen LogP contribution in [0.4, 0.5) is 11.4 Å². The van der Waals surface area contributed by atoms with Gasteiger partial charge in [0.15, 0.2) is 6.21 Å². The molecular formula is C13H21N4O2S+. The molecule has 0 saturated carbocycles. The van der Waals surface area contributed by atoms with Crippen LogP contribution in [0.5, 0.6) is 0 Å². The van der Waals surface area contributed by atoms with Crippen LogP contribution in [0.25, 0.3) is 0 Å². The molecule has 1 fully saturated rings. The summed E-state index contributed by atoms with van der Waals surface area (Å²) in [5, 5.41) is 5.67. The predicted octanol–water partition coefficient (Wildman–Crippen LogP) is -1.16. The zero-order chi connectivity index (χ0) is 14.9. The third-order valence-electron chi connectivity index (χ3n) is 3.55. The molecule has 20 heavy (non-hydrogen) atoms. The molecule has 1 aliphatic heterocycles. The molecule has 0 spiro atoms. The average molecular weight is 297 g/mol. The van der Waals surface area contributed by atoms with Crippen molar-refractivity contribution in [1.82, 2.24) is 4.31 Å². The van der Waals surface area contributed by atoms with E-state index in [0.717, 1.165) is 16.8 Å². The summed E-state index contributed by atoms with van der Waals surface area (Å²) in [6, 6.07) is 3.92. The summed E-state index contributed by atoms with van der Waals surface area (Å²) in [7, 11) is -3.11. The lowest BCUT2D eigenvalue weighted by Crippen LogP contribution is -2.48. The predicted molar refractivity (Wildman–Crippen MR) is 81.3 cm³/mol. The Hall–Kier alpha value is -1.60. The highest BCUT2D eigenvalue weighted by Crippen LogP contribution is 2.27. The highest BCUT2D eigenvalue weighted by Gasteiger charge is 2.25. The Kier molecular flexibility index (Phi) is 4.01. The molecule has 1 aliphatic rings. The first kappa shape index (κ1) is 14.8. The maximum absolute atomic E-state index is 11.5. The molecule has 1 aromatic carbocycles. The van der Waals surface area contributed by atoms with Crippen LogP contribution in [0.15, 0.2) is 12.1 Å². The van der Waals surface area contributed by atoms with E-state index in [1.165, 1.54) is 16.8 Å². The number of nitrogens with two attached hydrogens (primary N) is 2. The number of anilines is 2. The Morgan fingerprint density at radius 2 is 1.85 bits per heavy atom. The second-order valence-electron chi connectivity index (χ2n) is 5.10. The van der Waals surface area contributed by atoms with Crippen molar-refractivity contribution in [1.29, 1.82) is 0 Å². The Bertz CT molecular complexity index is 620. The Labute approximate surface area is 119 Å². The van der Waals surface area contributed by atoms with Crippen molar-refractivity contribution in [3.8, 4) is 0 Å². The van der Waals surface area contributed by atoms with Crippen molar-refractivity contribution in [3.63, 3.8) is 0 Å². The van der Waals surface area contributed by atoms with E-state index in [-0.39, 0.29) is 0 Å². The SMILES string of the molecule is Cc1cc(N)c(C=[NH2+])c(N2CCN(S(C)(=O)=O)CC2)c1. The van der Waals surface area contributed by atoms with E-state index in [9.17, 15) is 8.42 Å². The summed E-state index contributed by atoms with van der Waals surface area (Å²) in [6.45, 7) is 4.22. The standard InChI is InChI=1S/C13H20N4O2S/c1-10-7-12(15)11(9-14)13(8-10)16-3-5-17(6-4-16)20(2,18)19/h7-9,14H,3-6,15H2,1-2H3/p+1. The van der Waals surface area contributed by atoms with Gasteiger partial charge in [-0.1, -0.05) is 0 Å². The topological polar surface area (TPSA) is 92.2 Å². The fourth-order valence-corrected chi connectivity index (χ4v) is 3.34. The van der Waals surface area contributed by atoms with Crippen molar-refractivity contribution < 1.29 is 13.8 Å². The van der Waals surface area contributed by atoms with E-state index >= 15 is 0 Å². The summed E-state index contributed by atoms with van der Waals surface area (Å²) in [4.78, 5) is 2.13. The van der Waals surface area contributed by atoms with Crippen molar-refractivity contribution in [2.24, 2.45) is 0 Å². The molecule has 4 N–H and O–H groups in total. The van der Waals surface area contributed by atoms with Crippen LogP contribution in [-0.4, -0.2) is 51.4 Å². The first-order valence-electron chi connectivity index (χ1n) is 6.48. The van der Waals surface area contributed by atoms with Crippen LogP contribution in [-0.2, 0) is 10.0 Å². The Morgan fingerprint density at radius 1 is 1.25 bits per heavy atom. The fourth-order valence-electron chi connectivity index (χ4n) is 2.51. The van der Waals surface area contributed by atoms with Crippen molar-refractivity contribution >= 4 is 27.6 Å². The minimum absolute atomic E-state index is 0.483. The number of piperazine rings is 1. The number of rotatable bonds is 3. The van der Waals surface area contributed by atoms with Gasteiger partial charge in [0.1, 0.15) is 0 Å². The molecule has 0 unspecified atom stereocenters. The number of nitrogen functional groups attached to an aromatic ring is 1. The van der Waals surface area contributed by atoms with Crippen LogP contribution < -0.4 is 16.0 Å². The van der Waals surface area contributed by atoms with E-state index in [1.807, 2.05) is 19.1 Å². The smallest absolute Gasteiger partial charge is 0.211 e. The summed E-state index contributed by atoms with van der Waals surface area (Å²) >= 11 is 0. The van der Waals surface area contributed by atoms with Crippen molar-refractivity contribution in [2.75, 3.05) is 43.1 Å². The lowest BCUT2D eigenvalue weighted by Gasteiger charge is -2.35. The number of hydrogen-bond donors (Lipinski definition) is 2. The molecule has 1 saturated heterocycles. The molecule has 6 nitrogen and oxygen atoms in total. The maximum Gasteiger partial charge on any atom is 0.211 e. The van der Waals surface area contributed by atoms with Crippen molar-refractivity contribution in [2.45, 2.75) is 6.92 Å². The van der Waals surface area contributed by atoms with Crippen LogP contribution in [0, 0.1) is 6.92 Å². The normalized spacial score (nSPS) is 17.2. The monoisotopic (exact) mass is 297 g/mol. The molecule has 110 valence electrons. The number of hydrogen-bond acceptors (Lipinski definition) is 4. The number of nitrogens with zero attached hydrogens (tertiary/aromatic N) is 2. The first-order chi connectivity index (χ1) is 9.32. The fraction of sp³-hybridized carbons (Fsp3) is 0.462. The minimum Gasteiger partial charge on any atom is -0.398 e. The molecule has 0 aromatic heterocycles. The number of benzene rings is 1. The van der Waals surface area contributed by atoms with E-state index in [1.54, 1.807) is 0 Å². The number of aryl methyl sites for hydroxylation is 1. The summed E-state index contributed by atoms with van der Waals surface area (Å²) in [5.41, 5.74) is 9.48. The minimum atomic E-state index is -3.11. The van der Waals surface area contributed by atoms with Crippen LogP contribution in [0.1, 0.15) is 11.1 Å². The molecule has 2 rings (SSSR count). The lowest BCUT2D eigenvalue weighted by atomic mass is 10.1. The van der Waals surface area contributed by atoms with Gasteiger partial charge in [-0.3, -0.25) is 5.41 Å². The molecule has 7 heteroatoms. The van der Waals surface area contributed by atoms with Crippen LogP contribution in [0.2, 0.25) is 0 Å². The van der Waals surface area contributed by atoms with E-state index in [2.05, 4.69) is 4.90 Å². The van der Waals surface area contributed by atoms with Crippen molar-refractivity contribution in [3.05, 3.63) is 23.3 Å². The van der Waals surface area contributed by atoms with Gasteiger partial charge < -0.3 is 10.6 Å². The molecule has 0 atom stereocenters. The average Bonchev–Trinajstić information content (AvgIpc) is 2.37. The van der Waals surface area contributed by atoms with Gasteiger partial charge in [-0.25, -0.2) is 8.42 Å². The quantitative estimate of drug-likeness (QED) is 0.543. The highest BCUT2D eigenvalue weighted by molar-refractivity contribution is 7.88. The van der Waals surface area contributed by atoms with Gasteiger partial charge in [0.05, 0.1) is 17.5 Å². The van der Waals surface area contributed by atoms with Gasteiger partial charge in [-0.05, 0) is 24.6 Å². The zero-order valence-electron chi connectivity index (χ0n) is 11.8. The van der Waals surface area contributed by atoms with Gasteiger partial charge in [-0.15, -0.1) is 0 Å². The molecule has 1 heterocycles. The zero-order valence-corrected chi connectivity index (χ0v) is 12.7. The second-order valence-corrected chi connectivity index (χ2v) is 7.09. The van der Waals surface area contributed by atoms with Gasteiger partial charge in [0, 0.05) is 31.9 Å². The third-order valence-corrected chi connectivity index (χ3v) is 4.85. The van der Waals surface area contributed by atoms with E-state index in [4.69, 9.17) is 11.1 Å². The first-order valence-corrected chi connectivity index (χ1v) is 8.33. The summed E-state index contributed by atoms with van der Waals surface area (Å²) < 4.78 is 24.5. The molecule has 0 aliphatic carbocycles. The summed E-state index contributed by atoms with van der Waals surface area (Å²) in [5.74, 6) is 0. The van der Waals surface area contributed by atoms with Gasteiger partial charge in [-0.2, -0.15) is 4.31 Å². The van der Waals surface area contributed by atoms with Crippen LogP contribution in [0.3, 0.4) is 0 Å². The Morgan fingerprint density at radius 3 is 2.35 bits per heavy atom. The van der Waals surface area contributed by atoms with Gasteiger partial charge in [0.25, 0.3) is 0 Å². The summed E-state index contributed by atoms with van der Waals surface area (Å²) in [6.07, 6.45) is 2.75. The molecule has 0 bridgehead atoms. The van der Waals surface area contributed by atoms with E-state index in [0.29, 0.717) is 31.9 Å². The Balaban J connectivity index is 2.25. The molecule has 0 amide bonds. The molecule has 1 aromatic rings. The largest absolute Gasteiger partial charge is 0.398 e. The van der Waals surface area contributed by atoms with E-state index < -0.39 is 10.0 Å². The third kappa shape index (κ3) is 2.94. The molecule has 0 radical (unpaired) electrons. The van der Waals surface area contributed by atoms with Gasteiger partial charge >= 0.3 is 0 Å². The molecular weight excluding hydrogens is 276 g/mol. The lowest BCUT2D eigenvalue weighted by molar-refractivity contribution is -0.104.